The monoisotopic (exact) mass is 464 g/mol. The Morgan fingerprint density at radius 3 is 2.71 bits per heavy atom. The van der Waals surface area contributed by atoms with Gasteiger partial charge in [-0.2, -0.15) is 0 Å². The molecule has 4 aromatic rings. The molecule has 10 heteroatoms. The number of hydrogen-bond acceptors (Lipinski definition) is 7. The van der Waals surface area contributed by atoms with Crippen molar-refractivity contribution in [2.24, 2.45) is 0 Å². The van der Waals surface area contributed by atoms with E-state index in [9.17, 15) is 9.18 Å². The predicted molar refractivity (Wildman–Crippen MR) is 123 cm³/mol. The minimum atomic E-state index is -0.483. The van der Waals surface area contributed by atoms with Gasteiger partial charge in [0.15, 0.2) is 5.82 Å². The van der Waals surface area contributed by atoms with Crippen LogP contribution in [0.5, 0.6) is 5.75 Å². The van der Waals surface area contributed by atoms with Crippen LogP contribution in [0.15, 0.2) is 53.3 Å². The second-order valence-corrected chi connectivity index (χ2v) is 8.11. The smallest absolute Gasteiger partial charge is 0.253 e. The maximum absolute atomic E-state index is 13.4. The molecule has 0 spiro atoms. The number of rotatable bonds is 7. The Morgan fingerprint density at radius 2 is 1.94 bits per heavy atom. The minimum absolute atomic E-state index is 0.204. The predicted octanol–water partition coefficient (Wildman–Crippen LogP) is 2.52. The number of morpholine rings is 1. The van der Waals surface area contributed by atoms with Crippen LogP contribution in [0.25, 0.3) is 10.9 Å². The normalized spacial score (nSPS) is 15.5. The summed E-state index contributed by atoms with van der Waals surface area (Å²) in [6, 6.07) is 13.2. The molecule has 1 saturated heterocycles. The van der Waals surface area contributed by atoms with Crippen molar-refractivity contribution in [1.82, 2.24) is 30.1 Å². The lowest BCUT2D eigenvalue weighted by atomic mass is 10.0. The summed E-state index contributed by atoms with van der Waals surface area (Å²) in [6.07, 6.45) is 0. The van der Waals surface area contributed by atoms with Gasteiger partial charge < -0.3 is 14.5 Å². The molecular formula is C24H25FN6O3. The fourth-order valence-corrected chi connectivity index (χ4v) is 4.28. The highest BCUT2D eigenvalue weighted by Gasteiger charge is 2.31. The topological polar surface area (TPSA) is 98.2 Å². The number of H-pyrrole nitrogens is 1. The van der Waals surface area contributed by atoms with E-state index >= 15 is 0 Å². The molecule has 2 aromatic carbocycles. The van der Waals surface area contributed by atoms with Crippen molar-refractivity contribution in [3.63, 3.8) is 0 Å². The van der Waals surface area contributed by atoms with Gasteiger partial charge in [-0.3, -0.25) is 9.69 Å². The van der Waals surface area contributed by atoms with E-state index in [0.717, 1.165) is 22.2 Å². The SMILES string of the molecule is CCOc1ccc2[nH]c(=O)c(C(c3nnnn3Cc3ccc(F)cc3)N3CCOCC3)cc2c1. The lowest BCUT2D eigenvalue weighted by Crippen LogP contribution is -2.42. The molecule has 1 aliphatic heterocycles. The van der Waals surface area contributed by atoms with Gasteiger partial charge in [0.1, 0.15) is 17.6 Å². The standard InChI is InChI=1S/C24H25FN6O3/c1-2-34-19-7-8-21-17(13-19)14-20(24(32)26-21)22(30-9-11-33-12-10-30)23-27-28-29-31(23)15-16-3-5-18(25)6-4-16/h3-8,13-14,22H,2,9-12,15H2,1H3,(H,26,32). The van der Waals surface area contributed by atoms with E-state index in [-0.39, 0.29) is 11.4 Å². The summed E-state index contributed by atoms with van der Waals surface area (Å²) in [5, 5.41) is 13.3. The number of aromatic amines is 1. The zero-order chi connectivity index (χ0) is 23.5. The van der Waals surface area contributed by atoms with Gasteiger partial charge in [-0.1, -0.05) is 12.1 Å². The number of ether oxygens (including phenoxy) is 2. The molecule has 1 unspecified atom stereocenters. The average Bonchev–Trinajstić information content (AvgIpc) is 3.30. The van der Waals surface area contributed by atoms with Crippen LogP contribution in [0.4, 0.5) is 4.39 Å². The fourth-order valence-electron chi connectivity index (χ4n) is 4.28. The number of halogens is 1. The van der Waals surface area contributed by atoms with Crippen LogP contribution < -0.4 is 10.3 Å². The van der Waals surface area contributed by atoms with Gasteiger partial charge in [0.2, 0.25) is 0 Å². The highest BCUT2D eigenvalue weighted by atomic mass is 19.1. The number of nitrogens with zero attached hydrogens (tertiary/aromatic N) is 5. The van der Waals surface area contributed by atoms with Gasteiger partial charge in [0.05, 0.1) is 26.4 Å². The Kier molecular flexibility index (Phi) is 6.33. The summed E-state index contributed by atoms with van der Waals surface area (Å²) < 4.78 is 26.2. The zero-order valence-corrected chi connectivity index (χ0v) is 18.8. The molecular weight excluding hydrogens is 439 g/mol. The molecule has 3 heterocycles. The van der Waals surface area contributed by atoms with E-state index in [1.807, 2.05) is 31.2 Å². The maximum atomic E-state index is 13.4. The number of hydrogen-bond donors (Lipinski definition) is 1. The van der Waals surface area contributed by atoms with Crippen molar-refractivity contribution < 1.29 is 13.9 Å². The molecule has 5 rings (SSSR count). The fraction of sp³-hybridized carbons (Fsp3) is 0.333. The van der Waals surface area contributed by atoms with E-state index in [1.165, 1.54) is 12.1 Å². The van der Waals surface area contributed by atoms with Crippen LogP contribution in [-0.4, -0.2) is 63.0 Å². The summed E-state index contributed by atoms with van der Waals surface area (Å²) in [5.41, 5.74) is 1.91. The number of fused-ring (bicyclic) bond motifs is 1. The summed E-state index contributed by atoms with van der Waals surface area (Å²) in [4.78, 5) is 18.4. The molecule has 0 amide bonds. The molecule has 0 saturated carbocycles. The highest BCUT2D eigenvalue weighted by molar-refractivity contribution is 5.80. The van der Waals surface area contributed by atoms with E-state index < -0.39 is 6.04 Å². The van der Waals surface area contributed by atoms with Gasteiger partial charge in [-0.25, -0.2) is 9.07 Å². The molecule has 0 aliphatic carbocycles. The summed E-state index contributed by atoms with van der Waals surface area (Å²) in [7, 11) is 0. The van der Waals surface area contributed by atoms with E-state index in [0.29, 0.717) is 50.8 Å². The number of nitrogens with one attached hydrogen (secondary N) is 1. The van der Waals surface area contributed by atoms with Gasteiger partial charge in [0, 0.05) is 29.6 Å². The third-order valence-electron chi connectivity index (χ3n) is 5.91. The Hall–Kier alpha value is -3.63. The molecule has 9 nitrogen and oxygen atoms in total. The lowest BCUT2D eigenvalue weighted by Gasteiger charge is -2.33. The number of aromatic nitrogens is 5. The Bertz CT molecular complexity index is 1330. The third kappa shape index (κ3) is 4.55. The first-order valence-electron chi connectivity index (χ1n) is 11.2. The first kappa shape index (κ1) is 22.2. The summed E-state index contributed by atoms with van der Waals surface area (Å²) in [6.45, 7) is 5.19. The van der Waals surface area contributed by atoms with Crippen LogP contribution in [-0.2, 0) is 11.3 Å². The molecule has 176 valence electrons. The lowest BCUT2D eigenvalue weighted by molar-refractivity contribution is 0.0214. The molecule has 0 bridgehead atoms. The van der Waals surface area contributed by atoms with Crippen molar-refractivity contribution in [1.29, 1.82) is 0 Å². The van der Waals surface area contributed by atoms with Crippen molar-refractivity contribution in [3.8, 4) is 5.75 Å². The number of pyridine rings is 1. The van der Waals surface area contributed by atoms with Crippen molar-refractivity contribution in [3.05, 3.63) is 81.7 Å². The summed E-state index contributed by atoms with van der Waals surface area (Å²) in [5.74, 6) is 0.968. The quantitative estimate of drug-likeness (QED) is 0.449. The maximum Gasteiger partial charge on any atom is 0.253 e. The molecule has 2 aromatic heterocycles. The molecule has 1 aliphatic rings. The van der Waals surface area contributed by atoms with Crippen LogP contribution in [0.2, 0.25) is 0 Å². The van der Waals surface area contributed by atoms with E-state index in [2.05, 4.69) is 25.4 Å². The van der Waals surface area contributed by atoms with Crippen LogP contribution in [0, 0.1) is 5.82 Å². The average molecular weight is 465 g/mol. The Balaban J connectivity index is 1.59. The number of benzene rings is 2. The molecule has 1 fully saturated rings. The van der Waals surface area contributed by atoms with Gasteiger partial charge in [-0.15, -0.1) is 5.10 Å². The second kappa shape index (κ2) is 9.70. The largest absolute Gasteiger partial charge is 0.494 e. The van der Waals surface area contributed by atoms with Crippen LogP contribution in [0.3, 0.4) is 0 Å². The second-order valence-electron chi connectivity index (χ2n) is 8.11. The zero-order valence-electron chi connectivity index (χ0n) is 18.8. The van der Waals surface area contributed by atoms with Crippen LogP contribution in [0.1, 0.15) is 29.9 Å². The first-order valence-corrected chi connectivity index (χ1v) is 11.2. The summed E-state index contributed by atoms with van der Waals surface area (Å²) >= 11 is 0. The molecule has 1 N–H and O–H groups in total. The van der Waals surface area contributed by atoms with Crippen molar-refractivity contribution in [2.75, 3.05) is 32.9 Å². The van der Waals surface area contributed by atoms with Gasteiger partial charge in [0.25, 0.3) is 5.56 Å². The number of tetrazole rings is 1. The highest BCUT2D eigenvalue weighted by Crippen LogP contribution is 2.29. The molecule has 0 radical (unpaired) electrons. The third-order valence-corrected chi connectivity index (χ3v) is 5.91. The van der Waals surface area contributed by atoms with Crippen molar-refractivity contribution in [2.45, 2.75) is 19.5 Å². The van der Waals surface area contributed by atoms with Crippen molar-refractivity contribution >= 4 is 10.9 Å². The first-order chi connectivity index (χ1) is 16.6. The van der Waals surface area contributed by atoms with E-state index in [1.54, 1.807) is 16.8 Å². The Labute approximate surface area is 195 Å². The minimum Gasteiger partial charge on any atom is -0.494 e. The Morgan fingerprint density at radius 1 is 1.15 bits per heavy atom. The molecule has 34 heavy (non-hydrogen) atoms. The van der Waals surface area contributed by atoms with Crippen LogP contribution >= 0.6 is 0 Å². The molecule has 1 atom stereocenters. The van der Waals surface area contributed by atoms with E-state index in [4.69, 9.17) is 9.47 Å². The van der Waals surface area contributed by atoms with Gasteiger partial charge in [-0.05, 0) is 59.3 Å². The van der Waals surface area contributed by atoms with Gasteiger partial charge >= 0.3 is 0 Å².